The fraction of sp³-hybridized carbons (Fsp3) is 1.00. The first kappa shape index (κ1) is 19.8. The van der Waals surface area contributed by atoms with E-state index in [2.05, 4.69) is 4.74 Å². The van der Waals surface area contributed by atoms with Crippen molar-refractivity contribution in [1.29, 1.82) is 0 Å². The average Bonchev–Trinajstić information content (AvgIpc) is 2.45. The summed E-state index contributed by atoms with van der Waals surface area (Å²) < 4.78 is 62.3. The third-order valence-corrected chi connectivity index (χ3v) is 5.46. The molecule has 0 fully saturated rings. The van der Waals surface area contributed by atoms with E-state index in [4.69, 9.17) is 18.0 Å². The van der Waals surface area contributed by atoms with Gasteiger partial charge in [-0.1, -0.05) is 0 Å². The molecule has 0 spiro atoms. The van der Waals surface area contributed by atoms with Crippen LogP contribution >= 0.6 is 0 Å². The van der Waals surface area contributed by atoms with Crippen molar-refractivity contribution < 1.29 is 35.9 Å². The van der Waals surface area contributed by atoms with Gasteiger partial charge in [0.15, 0.2) is 0 Å². The molecule has 5 nitrogen and oxygen atoms in total. The van der Waals surface area contributed by atoms with Crippen molar-refractivity contribution in [3.63, 3.8) is 0 Å². The van der Waals surface area contributed by atoms with E-state index in [1.165, 1.54) is 21.3 Å². The van der Waals surface area contributed by atoms with Gasteiger partial charge < -0.3 is 22.8 Å². The van der Waals surface area contributed by atoms with Gasteiger partial charge in [0, 0.05) is 34.0 Å². The lowest BCUT2D eigenvalue weighted by Gasteiger charge is -2.24. The van der Waals surface area contributed by atoms with Crippen molar-refractivity contribution in [2.75, 3.05) is 47.8 Å². The van der Waals surface area contributed by atoms with Crippen molar-refractivity contribution in [2.24, 2.45) is 0 Å². The predicted molar refractivity (Wildman–Crippen MR) is 68.5 cm³/mol. The first-order chi connectivity index (χ1) is 9.45. The van der Waals surface area contributed by atoms with Gasteiger partial charge in [0.2, 0.25) is 0 Å². The number of halogens is 3. The lowest BCUT2D eigenvalue weighted by Crippen LogP contribution is -2.42. The van der Waals surface area contributed by atoms with Gasteiger partial charge in [-0.25, -0.2) is 4.39 Å². The molecule has 20 heavy (non-hydrogen) atoms. The lowest BCUT2D eigenvalue weighted by atomic mass is 10.4. The van der Waals surface area contributed by atoms with Crippen LogP contribution < -0.4 is 0 Å². The van der Waals surface area contributed by atoms with Crippen molar-refractivity contribution in [3.8, 4) is 0 Å². The molecule has 122 valence electrons. The largest absolute Gasteiger partial charge is 0.500 e. The third kappa shape index (κ3) is 8.17. The molecule has 0 atom stereocenters. The molecule has 0 aliphatic heterocycles. The van der Waals surface area contributed by atoms with Crippen LogP contribution in [-0.2, 0) is 22.8 Å². The molecular weight excluding hydrogens is 297 g/mol. The maximum Gasteiger partial charge on any atom is 0.500 e. The Hall–Kier alpha value is -0.193. The number of hydrogen-bond acceptors (Lipinski definition) is 5. The number of ether oxygens (including phenoxy) is 2. The van der Waals surface area contributed by atoms with E-state index in [0.717, 1.165) is 0 Å². The number of alkyl halides is 3. The molecule has 0 aliphatic rings. The maximum absolute atomic E-state index is 13.0. The molecule has 0 rings (SSSR count). The second kappa shape index (κ2) is 10.5. The smallest absolute Gasteiger partial charge is 0.381 e. The zero-order chi connectivity index (χ0) is 15.5. The van der Waals surface area contributed by atoms with Crippen LogP contribution in [0.25, 0.3) is 0 Å². The van der Waals surface area contributed by atoms with Gasteiger partial charge in [-0.15, -0.1) is 0 Å². The Morgan fingerprint density at radius 2 is 1.55 bits per heavy atom. The highest BCUT2D eigenvalue weighted by molar-refractivity contribution is 6.60. The highest BCUT2D eigenvalue weighted by atomic mass is 28.4. The molecule has 0 aromatic rings. The van der Waals surface area contributed by atoms with Crippen LogP contribution in [0.1, 0.15) is 12.8 Å². The Bertz CT molecular complexity index is 234. The van der Waals surface area contributed by atoms with Crippen molar-refractivity contribution in [3.05, 3.63) is 0 Å². The SMILES string of the molecule is CO[Si](CCCOCCC(F)(F)OCCF)(OC)OC. The van der Waals surface area contributed by atoms with Crippen molar-refractivity contribution in [2.45, 2.75) is 25.0 Å². The van der Waals surface area contributed by atoms with Gasteiger partial charge in [-0.05, 0) is 6.42 Å². The Morgan fingerprint density at radius 3 is 2.05 bits per heavy atom. The number of hydrogen-bond donors (Lipinski definition) is 0. The molecule has 0 aromatic carbocycles. The molecule has 0 saturated carbocycles. The standard InChI is InChI=1S/C11H23F3O5Si/c1-15-20(16-2,17-3)10-4-7-18-8-5-11(13,14)19-9-6-12/h4-10H2,1-3H3. The molecular formula is C11H23F3O5Si. The van der Waals surface area contributed by atoms with Gasteiger partial charge in [0.05, 0.1) is 19.6 Å². The second-order valence-electron chi connectivity index (χ2n) is 3.94. The summed E-state index contributed by atoms with van der Waals surface area (Å²) in [6.45, 7) is -1.43. The molecule has 0 heterocycles. The highest BCUT2D eigenvalue weighted by Crippen LogP contribution is 2.20. The third-order valence-electron chi connectivity index (χ3n) is 2.63. The van der Waals surface area contributed by atoms with E-state index in [-0.39, 0.29) is 13.2 Å². The Balaban J connectivity index is 3.71. The summed E-state index contributed by atoms with van der Waals surface area (Å²) >= 11 is 0. The van der Waals surface area contributed by atoms with E-state index in [0.29, 0.717) is 12.5 Å². The lowest BCUT2D eigenvalue weighted by molar-refractivity contribution is -0.248. The summed E-state index contributed by atoms with van der Waals surface area (Å²) in [6, 6.07) is 0.533. The summed E-state index contributed by atoms with van der Waals surface area (Å²) in [5.41, 5.74) is 0. The van der Waals surface area contributed by atoms with Crippen LogP contribution in [-0.4, -0.2) is 62.7 Å². The predicted octanol–water partition coefficient (Wildman–Crippen LogP) is 2.24. The van der Waals surface area contributed by atoms with Crippen molar-refractivity contribution in [1.82, 2.24) is 0 Å². The summed E-state index contributed by atoms with van der Waals surface area (Å²) in [5.74, 6) is 0. The van der Waals surface area contributed by atoms with Gasteiger partial charge >= 0.3 is 14.9 Å². The molecule has 0 unspecified atom stereocenters. The van der Waals surface area contributed by atoms with Crippen LogP contribution in [0.15, 0.2) is 0 Å². The first-order valence-corrected chi connectivity index (χ1v) is 8.19. The fourth-order valence-electron chi connectivity index (χ4n) is 1.50. The van der Waals surface area contributed by atoms with Gasteiger partial charge in [0.25, 0.3) is 0 Å². The molecule has 0 aliphatic carbocycles. The highest BCUT2D eigenvalue weighted by Gasteiger charge is 2.37. The van der Waals surface area contributed by atoms with Gasteiger partial charge in [-0.2, -0.15) is 8.78 Å². The minimum Gasteiger partial charge on any atom is -0.381 e. The first-order valence-electron chi connectivity index (χ1n) is 6.26. The summed E-state index contributed by atoms with van der Waals surface area (Å²) in [4.78, 5) is 0. The quantitative estimate of drug-likeness (QED) is 0.385. The minimum absolute atomic E-state index is 0.166. The second-order valence-corrected chi connectivity index (χ2v) is 7.03. The summed E-state index contributed by atoms with van der Waals surface area (Å²) in [7, 11) is 1.88. The molecule has 0 bridgehead atoms. The molecule has 0 radical (unpaired) electrons. The fourth-order valence-corrected chi connectivity index (χ4v) is 3.19. The zero-order valence-electron chi connectivity index (χ0n) is 12.1. The van der Waals surface area contributed by atoms with Crippen molar-refractivity contribution >= 4 is 8.80 Å². The van der Waals surface area contributed by atoms with Crippen LogP contribution in [0.2, 0.25) is 6.04 Å². The van der Waals surface area contributed by atoms with E-state index < -0.39 is 34.6 Å². The Kier molecular flexibility index (Phi) is 10.4. The Labute approximate surface area is 118 Å². The van der Waals surface area contributed by atoms with Crippen LogP contribution in [0.4, 0.5) is 13.2 Å². The topological polar surface area (TPSA) is 46.2 Å². The average molecular weight is 320 g/mol. The normalized spacial score (nSPS) is 12.9. The molecule has 0 aromatic heterocycles. The van der Waals surface area contributed by atoms with Crippen LogP contribution in [0, 0.1) is 0 Å². The maximum atomic E-state index is 13.0. The Morgan fingerprint density at radius 1 is 0.950 bits per heavy atom. The van der Waals surface area contributed by atoms with E-state index in [1.54, 1.807) is 0 Å². The summed E-state index contributed by atoms with van der Waals surface area (Å²) in [5, 5.41) is 0. The van der Waals surface area contributed by atoms with E-state index in [1.807, 2.05) is 0 Å². The number of rotatable bonds is 13. The monoisotopic (exact) mass is 320 g/mol. The molecule has 0 saturated heterocycles. The van der Waals surface area contributed by atoms with E-state index >= 15 is 0 Å². The molecule has 0 N–H and O–H groups in total. The molecule has 9 heteroatoms. The van der Waals surface area contributed by atoms with Gasteiger partial charge in [-0.3, -0.25) is 0 Å². The zero-order valence-corrected chi connectivity index (χ0v) is 13.1. The van der Waals surface area contributed by atoms with Gasteiger partial charge in [0.1, 0.15) is 6.67 Å². The molecule has 0 amide bonds. The van der Waals surface area contributed by atoms with Crippen LogP contribution in [0.3, 0.4) is 0 Å². The van der Waals surface area contributed by atoms with E-state index in [9.17, 15) is 13.2 Å². The summed E-state index contributed by atoms with van der Waals surface area (Å²) in [6.07, 6.45) is -3.39. The van der Waals surface area contributed by atoms with Crippen LogP contribution in [0.5, 0.6) is 0 Å². The minimum atomic E-state index is -3.35.